The molecule has 0 unspecified atom stereocenters. The van der Waals surface area contributed by atoms with Gasteiger partial charge in [-0.05, 0) is 6.08 Å². The number of nitrogens with zero attached hydrogens (tertiary/aromatic N) is 2. The second-order valence-electron chi connectivity index (χ2n) is 3.54. The Labute approximate surface area is 102 Å². The van der Waals surface area contributed by atoms with Gasteiger partial charge in [-0.1, -0.05) is 24.3 Å². The molecular formula is C13H10F2N2O. The number of benzene rings is 1. The molecule has 0 bridgehead atoms. The van der Waals surface area contributed by atoms with E-state index in [2.05, 4.69) is 9.97 Å². The molecule has 5 heteroatoms. The molecule has 0 aliphatic rings. The molecule has 1 aromatic carbocycles. The molecule has 0 atom stereocenters. The highest BCUT2D eigenvalue weighted by Gasteiger charge is 2.03. The van der Waals surface area contributed by atoms with E-state index in [-0.39, 0.29) is 6.61 Å². The molecule has 0 fully saturated rings. The number of halogens is 2. The van der Waals surface area contributed by atoms with Crippen molar-refractivity contribution in [3.05, 3.63) is 54.1 Å². The van der Waals surface area contributed by atoms with Crippen molar-refractivity contribution < 1.29 is 13.9 Å². The lowest BCUT2D eigenvalue weighted by Crippen LogP contribution is -1.90. The largest absolute Gasteiger partial charge is 0.392 e. The maximum atomic E-state index is 13.3. The zero-order valence-electron chi connectivity index (χ0n) is 9.35. The van der Waals surface area contributed by atoms with Crippen LogP contribution in [0.1, 0.15) is 5.56 Å². The minimum atomic E-state index is -0.507. The monoisotopic (exact) mass is 248 g/mol. The zero-order chi connectivity index (χ0) is 13.0. The van der Waals surface area contributed by atoms with Crippen molar-refractivity contribution in [3.63, 3.8) is 0 Å². The Morgan fingerprint density at radius 1 is 1.17 bits per heavy atom. The number of aliphatic hydroxyl groups is 1. The lowest BCUT2D eigenvalue weighted by molar-refractivity contribution is 0.342. The summed E-state index contributed by atoms with van der Waals surface area (Å²) < 4.78 is 26.0. The molecule has 0 radical (unpaired) electrons. The van der Waals surface area contributed by atoms with Gasteiger partial charge >= 0.3 is 0 Å². The topological polar surface area (TPSA) is 46.0 Å². The van der Waals surface area contributed by atoms with Crippen molar-refractivity contribution >= 4 is 5.83 Å². The van der Waals surface area contributed by atoms with Gasteiger partial charge in [0.2, 0.25) is 0 Å². The van der Waals surface area contributed by atoms with E-state index >= 15 is 0 Å². The maximum Gasteiger partial charge on any atom is 0.159 e. The van der Waals surface area contributed by atoms with Crippen LogP contribution in [0.2, 0.25) is 0 Å². The van der Waals surface area contributed by atoms with Gasteiger partial charge in [0.15, 0.2) is 11.6 Å². The standard InChI is InChI=1S/C13H10F2N2O/c14-11-7-16-13(17-8-11)10-3-1-9(2-4-10)12(15)5-6-18/h1-5,7-8,18H,6H2/b12-5+. The second kappa shape index (κ2) is 5.46. The first-order valence-corrected chi connectivity index (χ1v) is 5.25. The zero-order valence-corrected chi connectivity index (χ0v) is 9.35. The van der Waals surface area contributed by atoms with Crippen molar-refractivity contribution in [3.8, 4) is 11.4 Å². The van der Waals surface area contributed by atoms with E-state index < -0.39 is 11.6 Å². The summed E-state index contributed by atoms with van der Waals surface area (Å²) in [7, 11) is 0. The third-order valence-electron chi connectivity index (χ3n) is 2.31. The molecule has 18 heavy (non-hydrogen) atoms. The smallest absolute Gasteiger partial charge is 0.159 e. The summed E-state index contributed by atoms with van der Waals surface area (Å²) in [4.78, 5) is 7.65. The van der Waals surface area contributed by atoms with Crippen LogP contribution >= 0.6 is 0 Å². The Morgan fingerprint density at radius 3 is 2.33 bits per heavy atom. The fourth-order valence-corrected chi connectivity index (χ4v) is 1.44. The fraction of sp³-hybridized carbons (Fsp3) is 0.0769. The number of hydrogen-bond acceptors (Lipinski definition) is 3. The highest BCUT2D eigenvalue weighted by molar-refractivity contribution is 5.63. The molecular weight excluding hydrogens is 238 g/mol. The maximum absolute atomic E-state index is 13.3. The van der Waals surface area contributed by atoms with Gasteiger partial charge in [0, 0.05) is 11.1 Å². The van der Waals surface area contributed by atoms with Crippen LogP contribution in [0.3, 0.4) is 0 Å². The summed E-state index contributed by atoms with van der Waals surface area (Å²) >= 11 is 0. The van der Waals surface area contributed by atoms with Gasteiger partial charge in [-0.15, -0.1) is 0 Å². The summed E-state index contributed by atoms with van der Waals surface area (Å²) in [6.45, 7) is -0.353. The summed E-state index contributed by atoms with van der Waals surface area (Å²) in [5.41, 5.74) is 1.02. The van der Waals surface area contributed by atoms with Crippen molar-refractivity contribution in [1.29, 1.82) is 0 Å². The van der Waals surface area contributed by atoms with Crippen LogP contribution in [-0.4, -0.2) is 21.7 Å². The summed E-state index contributed by atoms with van der Waals surface area (Å²) in [6.07, 6.45) is 3.22. The molecule has 92 valence electrons. The predicted octanol–water partition coefficient (Wildman–Crippen LogP) is 2.59. The molecule has 0 aliphatic heterocycles. The molecule has 1 aromatic heterocycles. The third kappa shape index (κ3) is 2.75. The Bertz CT molecular complexity index is 550. The van der Waals surface area contributed by atoms with E-state index in [1.807, 2.05) is 0 Å². The van der Waals surface area contributed by atoms with Crippen LogP contribution in [0.5, 0.6) is 0 Å². The molecule has 3 nitrogen and oxygen atoms in total. The van der Waals surface area contributed by atoms with Crippen molar-refractivity contribution in [2.45, 2.75) is 0 Å². The van der Waals surface area contributed by atoms with E-state index in [1.165, 1.54) is 0 Å². The third-order valence-corrected chi connectivity index (χ3v) is 2.31. The minimum Gasteiger partial charge on any atom is -0.392 e. The number of aromatic nitrogens is 2. The second-order valence-corrected chi connectivity index (χ2v) is 3.54. The molecule has 2 rings (SSSR count). The van der Waals surface area contributed by atoms with Crippen LogP contribution in [-0.2, 0) is 0 Å². The normalized spacial score (nSPS) is 11.6. The molecule has 0 amide bonds. The Kier molecular flexibility index (Phi) is 3.74. The van der Waals surface area contributed by atoms with Gasteiger partial charge in [-0.3, -0.25) is 0 Å². The lowest BCUT2D eigenvalue weighted by atomic mass is 10.1. The summed E-state index contributed by atoms with van der Waals surface area (Å²) in [5.74, 6) is -0.633. The average Bonchev–Trinajstić information content (AvgIpc) is 2.40. The fourth-order valence-electron chi connectivity index (χ4n) is 1.44. The van der Waals surface area contributed by atoms with E-state index in [4.69, 9.17) is 5.11 Å². The van der Waals surface area contributed by atoms with Crippen LogP contribution in [0, 0.1) is 5.82 Å². The van der Waals surface area contributed by atoms with Gasteiger partial charge < -0.3 is 5.11 Å². The van der Waals surface area contributed by atoms with Crippen LogP contribution in [0.4, 0.5) is 8.78 Å². The quantitative estimate of drug-likeness (QED) is 0.908. The van der Waals surface area contributed by atoms with Gasteiger partial charge in [-0.25, -0.2) is 18.7 Å². The van der Waals surface area contributed by atoms with Crippen LogP contribution in [0.25, 0.3) is 17.2 Å². The van der Waals surface area contributed by atoms with Gasteiger partial charge in [0.05, 0.1) is 19.0 Å². The van der Waals surface area contributed by atoms with Gasteiger partial charge in [0.1, 0.15) is 5.83 Å². The van der Waals surface area contributed by atoms with Crippen molar-refractivity contribution in [1.82, 2.24) is 9.97 Å². The van der Waals surface area contributed by atoms with Crippen LogP contribution < -0.4 is 0 Å². The first kappa shape index (κ1) is 12.3. The minimum absolute atomic E-state index is 0.353. The molecule has 0 saturated carbocycles. The van der Waals surface area contributed by atoms with Crippen molar-refractivity contribution in [2.24, 2.45) is 0 Å². The highest BCUT2D eigenvalue weighted by Crippen LogP contribution is 2.20. The van der Waals surface area contributed by atoms with E-state index in [1.54, 1.807) is 24.3 Å². The summed E-state index contributed by atoms with van der Waals surface area (Å²) in [5, 5.41) is 8.58. The molecule has 0 spiro atoms. The Balaban J connectivity index is 2.27. The first-order valence-electron chi connectivity index (χ1n) is 5.25. The average molecular weight is 248 g/mol. The molecule has 0 saturated heterocycles. The molecule has 1 N–H and O–H groups in total. The Hall–Kier alpha value is -2.14. The number of hydrogen-bond donors (Lipinski definition) is 1. The molecule has 0 aliphatic carbocycles. The predicted molar refractivity (Wildman–Crippen MR) is 63.6 cm³/mol. The highest BCUT2D eigenvalue weighted by atomic mass is 19.1. The summed E-state index contributed by atoms with van der Waals surface area (Å²) in [6, 6.07) is 6.35. The van der Waals surface area contributed by atoms with E-state index in [9.17, 15) is 8.78 Å². The van der Waals surface area contributed by atoms with Crippen molar-refractivity contribution in [2.75, 3.05) is 6.61 Å². The van der Waals surface area contributed by atoms with Gasteiger partial charge in [-0.2, -0.15) is 0 Å². The Morgan fingerprint density at radius 2 is 1.78 bits per heavy atom. The van der Waals surface area contributed by atoms with E-state index in [0.717, 1.165) is 18.5 Å². The van der Waals surface area contributed by atoms with E-state index in [0.29, 0.717) is 17.0 Å². The lowest BCUT2D eigenvalue weighted by Gasteiger charge is -2.01. The molecule has 2 aromatic rings. The molecule has 1 heterocycles. The van der Waals surface area contributed by atoms with Gasteiger partial charge in [0.25, 0.3) is 0 Å². The van der Waals surface area contributed by atoms with Crippen LogP contribution in [0.15, 0.2) is 42.7 Å². The number of rotatable bonds is 3. The first-order chi connectivity index (χ1) is 8.70. The SMILES string of the molecule is OC/C=C(/F)c1ccc(-c2ncc(F)cn2)cc1. The number of aliphatic hydroxyl groups excluding tert-OH is 1.